The van der Waals surface area contributed by atoms with Gasteiger partial charge >= 0.3 is 11.9 Å². The summed E-state index contributed by atoms with van der Waals surface area (Å²) in [5.74, 6) is -2.27. The number of halogens is 2. The van der Waals surface area contributed by atoms with Crippen LogP contribution in [-0.2, 0) is 0 Å². The lowest BCUT2D eigenvalue weighted by molar-refractivity contribution is 0.0683. The first-order valence-corrected chi connectivity index (χ1v) is 7.19. The average molecular weight is 343 g/mol. The predicted octanol–water partition coefficient (Wildman–Crippen LogP) is 4.54. The van der Waals surface area contributed by atoms with Crippen molar-refractivity contribution < 1.29 is 19.8 Å². The SMILES string of the molecule is O=C(O)c1cc(Cl)ccc1Sc1ccc(Cl)cc1C(=O)O. The first kappa shape index (κ1) is 15.7. The van der Waals surface area contributed by atoms with Crippen LogP contribution in [0, 0.1) is 0 Å². The Kier molecular flexibility index (Phi) is 4.77. The van der Waals surface area contributed by atoms with Gasteiger partial charge in [0.05, 0.1) is 11.1 Å². The van der Waals surface area contributed by atoms with Gasteiger partial charge in [0.25, 0.3) is 0 Å². The molecule has 108 valence electrons. The number of hydrogen-bond acceptors (Lipinski definition) is 3. The van der Waals surface area contributed by atoms with Crippen LogP contribution in [0.3, 0.4) is 0 Å². The van der Waals surface area contributed by atoms with Crippen molar-refractivity contribution in [3.8, 4) is 0 Å². The zero-order valence-electron chi connectivity index (χ0n) is 10.3. The van der Waals surface area contributed by atoms with Crippen molar-refractivity contribution in [3.63, 3.8) is 0 Å². The fraction of sp³-hybridized carbons (Fsp3) is 0. The van der Waals surface area contributed by atoms with Gasteiger partial charge < -0.3 is 10.2 Å². The molecular weight excluding hydrogens is 335 g/mol. The van der Waals surface area contributed by atoms with Crippen molar-refractivity contribution in [2.45, 2.75) is 9.79 Å². The van der Waals surface area contributed by atoms with Gasteiger partial charge in [-0.1, -0.05) is 35.0 Å². The lowest BCUT2D eigenvalue weighted by atomic mass is 10.2. The van der Waals surface area contributed by atoms with E-state index in [1.54, 1.807) is 12.1 Å². The number of carbonyl (C=O) groups is 2. The fourth-order valence-electron chi connectivity index (χ4n) is 1.64. The highest BCUT2D eigenvalue weighted by Crippen LogP contribution is 2.35. The lowest BCUT2D eigenvalue weighted by Crippen LogP contribution is -2.01. The minimum atomic E-state index is -1.13. The molecule has 0 saturated heterocycles. The molecule has 0 heterocycles. The molecule has 21 heavy (non-hydrogen) atoms. The summed E-state index contributed by atoms with van der Waals surface area (Å²) in [6.07, 6.45) is 0. The van der Waals surface area contributed by atoms with Crippen molar-refractivity contribution in [3.05, 3.63) is 57.6 Å². The number of hydrogen-bond donors (Lipinski definition) is 2. The second-order valence-electron chi connectivity index (χ2n) is 3.99. The van der Waals surface area contributed by atoms with Gasteiger partial charge in [-0.15, -0.1) is 0 Å². The van der Waals surface area contributed by atoms with E-state index in [1.165, 1.54) is 24.3 Å². The van der Waals surface area contributed by atoms with Gasteiger partial charge in [-0.05, 0) is 36.4 Å². The van der Waals surface area contributed by atoms with Crippen molar-refractivity contribution >= 4 is 46.9 Å². The molecule has 0 spiro atoms. The summed E-state index contributed by atoms with van der Waals surface area (Å²) < 4.78 is 0. The Balaban J connectivity index is 2.48. The Morgan fingerprint density at radius 2 is 1.19 bits per heavy atom. The molecule has 0 aliphatic heterocycles. The monoisotopic (exact) mass is 342 g/mol. The molecule has 7 heteroatoms. The minimum absolute atomic E-state index is 0.0128. The molecule has 0 saturated carbocycles. The highest BCUT2D eigenvalue weighted by atomic mass is 35.5. The number of carboxylic acid groups (broad SMARTS) is 2. The van der Waals surface area contributed by atoms with Crippen LogP contribution in [0.2, 0.25) is 10.0 Å². The van der Waals surface area contributed by atoms with Gasteiger partial charge in [0.15, 0.2) is 0 Å². The van der Waals surface area contributed by atoms with Gasteiger partial charge in [0, 0.05) is 19.8 Å². The molecule has 2 aromatic rings. The summed E-state index contributed by atoms with van der Waals surface area (Å²) in [5, 5.41) is 19.0. The Labute approximate surface area is 134 Å². The number of benzene rings is 2. The van der Waals surface area contributed by atoms with E-state index in [2.05, 4.69) is 0 Å². The molecule has 0 aliphatic rings. The second-order valence-corrected chi connectivity index (χ2v) is 5.95. The third kappa shape index (κ3) is 3.69. The van der Waals surface area contributed by atoms with E-state index in [9.17, 15) is 19.8 Å². The van der Waals surface area contributed by atoms with Crippen LogP contribution in [0.5, 0.6) is 0 Å². The molecule has 0 radical (unpaired) electrons. The highest BCUT2D eigenvalue weighted by Gasteiger charge is 2.16. The number of rotatable bonds is 4. The number of aromatic carboxylic acids is 2. The van der Waals surface area contributed by atoms with E-state index in [-0.39, 0.29) is 11.1 Å². The molecule has 0 unspecified atom stereocenters. The predicted molar refractivity (Wildman–Crippen MR) is 80.9 cm³/mol. The Morgan fingerprint density at radius 3 is 1.52 bits per heavy atom. The third-order valence-electron chi connectivity index (χ3n) is 2.56. The third-order valence-corrected chi connectivity index (χ3v) is 4.19. The van der Waals surface area contributed by atoms with Gasteiger partial charge in [-0.25, -0.2) is 9.59 Å². The van der Waals surface area contributed by atoms with Gasteiger partial charge in [-0.2, -0.15) is 0 Å². The molecule has 0 amide bonds. The summed E-state index contributed by atoms with van der Waals surface area (Å²) in [6, 6.07) is 8.82. The maximum atomic E-state index is 11.2. The Morgan fingerprint density at radius 1 is 0.810 bits per heavy atom. The van der Waals surface area contributed by atoms with E-state index in [4.69, 9.17) is 23.2 Å². The van der Waals surface area contributed by atoms with Crippen LogP contribution >= 0.6 is 35.0 Å². The molecule has 2 N–H and O–H groups in total. The zero-order valence-corrected chi connectivity index (χ0v) is 12.7. The van der Waals surface area contributed by atoms with Crippen LogP contribution in [0.1, 0.15) is 20.7 Å². The van der Waals surface area contributed by atoms with E-state index in [0.717, 1.165) is 11.8 Å². The molecular formula is C14H8Cl2O4S. The molecule has 0 aliphatic carbocycles. The summed E-state index contributed by atoms with van der Waals surface area (Å²) in [6.45, 7) is 0. The fourth-order valence-corrected chi connectivity index (χ4v) is 3.00. The molecule has 0 atom stereocenters. The van der Waals surface area contributed by atoms with Crippen LogP contribution in [0.15, 0.2) is 46.2 Å². The van der Waals surface area contributed by atoms with Crippen LogP contribution < -0.4 is 0 Å². The Bertz CT molecular complexity index is 669. The lowest BCUT2D eigenvalue weighted by Gasteiger charge is -2.09. The van der Waals surface area contributed by atoms with E-state index >= 15 is 0 Å². The van der Waals surface area contributed by atoms with Crippen molar-refractivity contribution in [1.29, 1.82) is 0 Å². The molecule has 4 nitrogen and oxygen atoms in total. The summed E-state index contributed by atoms with van der Waals surface area (Å²) in [5.41, 5.74) is 0.0255. The molecule has 0 aromatic heterocycles. The maximum Gasteiger partial charge on any atom is 0.336 e. The molecule has 2 rings (SSSR count). The summed E-state index contributed by atoms with van der Waals surface area (Å²) >= 11 is 12.6. The van der Waals surface area contributed by atoms with Crippen molar-refractivity contribution in [2.75, 3.05) is 0 Å². The second kappa shape index (κ2) is 6.39. The maximum absolute atomic E-state index is 11.2. The molecule has 0 bridgehead atoms. The first-order valence-electron chi connectivity index (χ1n) is 5.62. The molecule has 2 aromatic carbocycles. The first-order chi connectivity index (χ1) is 9.88. The molecule has 0 fully saturated rings. The van der Waals surface area contributed by atoms with Gasteiger partial charge in [0.2, 0.25) is 0 Å². The van der Waals surface area contributed by atoms with E-state index in [0.29, 0.717) is 19.8 Å². The summed E-state index contributed by atoms with van der Waals surface area (Å²) in [4.78, 5) is 23.3. The van der Waals surface area contributed by atoms with Crippen molar-refractivity contribution in [2.24, 2.45) is 0 Å². The van der Waals surface area contributed by atoms with Crippen LogP contribution in [0.4, 0.5) is 0 Å². The van der Waals surface area contributed by atoms with Gasteiger partial charge in [0.1, 0.15) is 0 Å². The standard InChI is InChI=1S/C14H8Cl2O4S/c15-7-1-3-11(9(5-7)13(17)18)21-12-4-2-8(16)6-10(12)14(19)20/h1-6H,(H,17,18)(H,19,20). The van der Waals surface area contributed by atoms with Crippen molar-refractivity contribution in [1.82, 2.24) is 0 Å². The topological polar surface area (TPSA) is 74.6 Å². The minimum Gasteiger partial charge on any atom is -0.478 e. The average Bonchev–Trinajstić information content (AvgIpc) is 2.42. The highest BCUT2D eigenvalue weighted by molar-refractivity contribution is 7.99. The summed E-state index contributed by atoms with van der Waals surface area (Å²) in [7, 11) is 0. The normalized spacial score (nSPS) is 10.4. The largest absolute Gasteiger partial charge is 0.478 e. The Hall–Kier alpha value is -1.69. The smallest absolute Gasteiger partial charge is 0.336 e. The van der Waals surface area contributed by atoms with Crippen LogP contribution in [0.25, 0.3) is 0 Å². The quantitative estimate of drug-likeness (QED) is 0.852. The van der Waals surface area contributed by atoms with Crippen LogP contribution in [-0.4, -0.2) is 22.2 Å². The number of carboxylic acids is 2. The van der Waals surface area contributed by atoms with E-state index in [1.807, 2.05) is 0 Å². The van der Waals surface area contributed by atoms with Gasteiger partial charge in [-0.3, -0.25) is 0 Å². The van der Waals surface area contributed by atoms with E-state index < -0.39 is 11.9 Å². The zero-order chi connectivity index (χ0) is 15.6.